The van der Waals surface area contributed by atoms with Gasteiger partial charge in [0.1, 0.15) is 0 Å². The number of hydrogen-bond acceptors (Lipinski definition) is 1. The van der Waals surface area contributed by atoms with E-state index < -0.39 is 0 Å². The van der Waals surface area contributed by atoms with Crippen molar-refractivity contribution in [1.82, 2.24) is 0 Å². The van der Waals surface area contributed by atoms with E-state index in [1.54, 1.807) is 6.20 Å². The van der Waals surface area contributed by atoms with Crippen LogP contribution in [-0.2, 0) is 17.1 Å². The van der Waals surface area contributed by atoms with Gasteiger partial charge in [-0.15, -0.1) is 0 Å². The van der Waals surface area contributed by atoms with Crippen LogP contribution in [-0.4, -0.2) is 13.4 Å². The van der Waals surface area contributed by atoms with Gasteiger partial charge in [-0.3, -0.25) is 4.99 Å². The van der Waals surface area contributed by atoms with Crippen molar-refractivity contribution >= 4 is 13.4 Å². The van der Waals surface area contributed by atoms with Gasteiger partial charge in [-0.2, -0.15) is 0 Å². The van der Waals surface area contributed by atoms with Gasteiger partial charge in [0.2, 0.25) is 0 Å². The molecule has 0 aromatic rings. The molecule has 1 nitrogen and oxygen atoms in total. The van der Waals surface area contributed by atoms with Crippen molar-refractivity contribution in [3.8, 4) is 0 Å². The summed E-state index contributed by atoms with van der Waals surface area (Å²) in [6, 6.07) is 0. The molecule has 0 saturated carbocycles. The van der Waals surface area contributed by atoms with Crippen LogP contribution >= 0.6 is 0 Å². The third-order valence-corrected chi connectivity index (χ3v) is 0.538. The molecule has 1 aliphatic rings. The van der Waals surface area contributed by atoms with Gasteiger partial charge in [0.15, 0.2) is 7.28 Å². The third kappa shape index (κ3) is 1.44. The molecule has 0 spiro atoms. The van der Waals surface area contributed by atoms with E-state index in [2.05, 4.69) is 4.99 Å². The maximum absolute atomic E-state index is 3.78. The predicted octanol–water partition coefficient (Wildman–Crippen LogP) is -0.0665. The molecule has 1 aliphatic heterocycles. The Kier molecular flexibility index (Phi) is 3.19. The van der Waals surface area contributed by atoms with Crippen molar-refractivity contribution in [2.45, 2.75) is 0 Å². The molecule has 1 rings (SSSR count). The molecule has 1 heterocycles. The Morgan fingerprint density at radius 3 is 2.50 bits per heavy atom. The normalized spacial score (nSPS) is 13.3. The summed E-state index contributed by atoms with van der Waals surface area (Å²) < 4.78 is 0. The minimum Gasteiger partial charge on any atom is -0.280 e. The quantitative estimate of drug-likeness (QED) is 0.405. The van der Waals surface area contributed by atoms with Crippen LogP contribution in [0.5, 0.6) is 0 Å². The number of rotatable bonds is 0. The fourth-order valence-corrected chi connectivity index (χ4v) is 0.304. The fourth-order valence-electron chi connectivity index (χ4n) is 0.304. The van der Waals surface area contributed by atoms with Gasteiger partial charge in [0, 0.05) is 23.3 Å². The minimum atomic E-state index is 0. The van der Waals surface area contributed by atoms with Crippen LogP contribution in [0.4, 0.5) is 0 Å². The maximum Gasteiger partial charge on any atom is 0.199 e. The molecule has 6 heavy (non-hydrogen) atoms. The van der Waals surface area contributed by atoms with Crippen molar-refractivity contribution in [3.63, 3.8) is 0 Å². The van der Waals surface area contributed by atoms with E-state index >= 15 is 0 Å². The molecule has 0 N–H and O–H groups in total. The van der Waals surface area contributed by atoms with E-state index in [4.69, 9.17) is 0 Å². The first kappa shape index (κ1) is 5.99. The first-order valence-electron chi connectivity index (χ1n) is 1.67. The van der Waals surface area contributed by atoms with Crippen molar-refractivity contribution in [2.75, 3.05) is 0 Å². The zero-order chi connectivity index (χ0) is 3.54. The van der Waals surface area contributed by atoms with Gasteiger partial charge < -0.3 is 0 Å². The average molecular weight is 128 g/mol. The molecule has 0 unspecified atom stereocenters. The molecule has 1 radical (unpaired) electrons. The van der Waals surface area contributed by atoms with Gasteiger partial charge in [0.05, 0.1) is 0 Å². The van der Waals surface area contributed by atoms with Crippen LogP contribution in [0.25, 0.3) is 0 Å². The van der Waals surface area contributed by atoms with Crippen molar-refractivity contribution in [1.29, 1.82) is 0 Å². The van der Waals surface area contributed by atoms with Crippen LogP contribution in [0.15, 0.2) is 17.2 Å². The van der Waals surface area contributed by atoms with Gasteiger partial charge >= 0.3 is 0 Å². The summed E-state index contributed by atoms with van der Waals surface area (Å²) in [4.78, 5) is 3.78. The Bertz CT molecular complexity index is 68.9. The summed E-state index contributed by atoms with van der Waals surface area (Å²) in [7, 11) is 1.03. The first-order valence-corrected chi connectivity index (χ1v) is 1.67. The molecule has 0 saturated heterocycles. The topological polar surface area (TPSA) is 12.4 Å². The minimum absolute atomic E-state index is 0. The molecule has 0 aromatic carbocycles. The van der Waals surface area contributed by atoms with E-state index in [0.29, 0.717) is 0 Å². The fraction of sp³-hybridized carbons (Fsp3) is 0. The van der Waals surface area contributed by atoms with Crippen LogP contribution in [0.3, 0.4) is 0 Å². The smallest absolute Gasteiger partial charge is 0.199 e. The van der Waals surface area contributed by atoms with E-state index in [0.717, 1.165) is 7.28 Å². The Labute approximate surface area is 48.3 Å². The van der Waals surface area contributed by atoms with Crippen molar-refractivity contribution in [2.24, 2.45) is 4.99 Å². The zero-order valence-corrected chi connectivity index (χ0v) is 4.13. The van der Waals surface area contributed by atoms with Crippen molar-refractivity contribution < 1.29 is 17.1 Å². The number of hydrogen-bond donors (Lipinski definition) is 0. The molecule has 3 heteroatoms. The molecule has 35 valence electrons. The Morgan fingerprint density at radius 1 is 1.50 bits per heavy atom. The average Bonchev–Trinajstić information content (AvgIpc) is 1.76. The summed E-state index contributed by atoms with van der Waals surface area (Å²) in [6.07, 6.45) is 3.68. The number of nitrogens with zero attached hydrogens (tertiary/aromatic N) is 1. The van der Waals surface area contributed by atoms with E-state index in [1.807, 2.05) is 12.1 Å². The van der Waals surface area contributed by atoms with Gasteiger partial charge in [-0.25, -0.2) is 0 Å². The summed E-state index contributed by atoms with van der Waals surface area (Å²) in [5.41, 5.74) is 0. The van der Waals surface area contributed by atoms with Crippen LogP contribution in [0.2, 0.25) is 0 Å². The SMILES string of the molecule is B1C=CN=C1.[Cu]. The van der Waals surface area contributed by atoms with Gasteiger partial charge in [-0.05, 0) is 6.11 Å². The van der Waals surface area contributed by atoms with Crippen LogP contribution in [0, 0.1) is 0 Å². The molecule has 0 aliphatic carbocycles. The summed E-state index contributed by atoms with van der Waals surface area (Å²) in [5, 5.41) is 0. The molecular weight excluding hydrogens is 124 g/mol. The molecular formula is C3H4BCuN. The summed E-state index contributed by atoms with van der Waals surface area (Å²) in [6.45, 7) is 0. The van der Waals surface area contributed by atoms with E-state index in [-0.39, 0.29) is 17.1 Å². The monoisotopic (exact) mass is 128 g/mol. The van der Waals surface area contributed by atoms with E-state index in [9.17, 15) is 0 Å². The number of aliphatic imine (C=N–C) groups is 1. The summed E-state index contributed by atoms with van der Waals surface area (Å²) in [5.74, 6) is 2.01. The summed E-state index contributed by atoms with van der Waals surface area (Å²) >= 11 is 0. The Balaban J connectivity index is 0.000000250. The predicted molar refractivity (Wildman–Crippen MR) is 24.8 cm³/mol. The van der Waals surface area contributed by atoms with E-state index in [1.165, 1.54) is 0 Å². The largest absolute Gasteiger partial charge is 0.280 e. The molecule has 0 bridgehead atoms. The van der Waals surface area contributed by atoms with Crippen molar-refractivity contribution in [3.05, 3.63) is 12.2 Å². The molecule has 0 fully saturated rings. The maximum atomic E-state index is 3.78. The van der Waals surface area contributed by atoms with Crippen LogP contribution in [0.1, 0.15) is 0 Å². The van der Waals surface area contributed by atoms with Crippen LogP contribution < -0.4 is 0 Å². The third-order valence-electron chi connectivity index (χ3n) is 0.538. The van der Waals surface area contributed by atoms with Gasteiger partial charge in [0.25, 0.3) is 0 Å². The molecule has 0 amide bonds. The Hall–Kier alpha value is -0.00558. The molecule has 0 aromatic heterocycles. The zero-order valence-electron chi connectivity index (χ0n) is 3.19. The second-order valence-electron chi connectivity index (χ2n) is 0.952. The Morgan fingerprint density at radius 2 is 2.33 bits per heavy atom. The second kappa shape index (κ2) is 3.19. The van der Waals surface area contributed by atoms with Gasteiger partial charge in [-0.1, -0.05) is 5.98 Å². The molecule has 0 atom stereocenters. The standard InChI is InChI=1S/C3H4BN.Cu/c1-2-5-3-4-1;/h1-4H;. The second-order valence-corrected chi connectivity index (χ2v) is 0.952. The first-order chi connectivity index (χ1) is 2.50.